The second kappa shape index (κ2) is 6.85. The fraction of sp³-hybridized carbons (Fsp3) is 0.667. The van der Waals surface area contributed by atoms with Crippen LogP contribution in [0.15, 0.2) is 12.2 Å². The summed E-state index contributed by atoms with van der Waals surface area (Å²) in [7, 11) is 0. The summed E-state index contributed by atoms with van der Waals surface area (Å²) in [5.74, 6) is -0.876. The van der Waals surface area contributed by atoms with Crippen molar-refractivity contribution in [2.45, 2.75) is 26.2 Å². The molecule has 0 aliphatic heterocycles. The monoisotopic (exact) mass is 171 g/mol. The molecule has 12 heavy (non-hydrogen) atoms. The van der Waals surface area contributed by atoms with E-state index in [4.69, 9.17) is 5.11 Å². The molecule has 3 heteroatoms. The molecule has 0 fully saturated rings. The van der Waals surface area contributed by atoms with Crippen LogP contribution in [-0.4, -0.2) is 24.2 Å². The van der Waals surface area contributed by atoms with E-state index in [-0.39, 0.29) is 0 Å². The van der Waals surface area contributed by atoms with Crippen LogP contribution >= 0.6 is 0 Å². The van der Waals surface area contributed by atoms with Crippen molar-refractivity contribution in [3.05, 3.63) is 12.2 Å². The van der Waals surface area contributed by atoms with E-state index in [0.29, 0.717) is 12.0 Å². The first kappa shape index (κ1) is 11.2. The first-order chi connectivity index (χ1) is 5.68. The molecule has 0 atom stereocenters. The average Bonchev–Trinajstić information content (AvgIpc) is 2.03. The molecule has 70 valence electrons. The molecule has 0 aliphatic rings. The molecule has 0 aromatic heterocycles. The fourth-order valence-electron chi connectivity index (χ4n) is 0.872. The molecule has 0 bridgehead atoms. The second-order valence-electron chi connectivity index (χ2n) is 2.72. The number of aliphatic carboxylic acids is 1. The Labute approximate surface area is 73.5 Å². The zero-order valence-electron chi connectivity index (χ0n) is 7.60. The van der Waals surface area contributed by atoms with Gasteiger partial charge in [0, 0.05) is 5.57 Å². The van der Waals surface area contributed by atoms with E-state index >= 15 is 0 Å². The van der Waals surface area contributed by atoms with Crippen LogP contribution in [0, 0.1) is 0 Å². The third-order valence-corrected chi connectivity index (χ3v) is 1.63. The molecule has 0 heterocycles. The standard InChI is InChI=1S/C9H17NO2/c1-3-10-7-5-4-6-8(2)9(11)12/h10H,2-7H2,1H3,(H,11,12). The third kappa shape index (κ3) is 5.92. The fourth-order valence-corrected chi connectivity index (χ4v) is 0.872. The molecule has 0 radical (unpaired) electrons. The van der Waals surface area contributed by atoms with Crippen molar-refractivity contribution >= 4 is 5.97 Å². The first-order valence-electron chi connectivity index (χ1n) is 4.30. The van der Waals surface area contributed by atoms with Crippen molar-refractivity contribution in [2.75, 3.05) is 13.1 Å². The van der Waals surface area contributed by atoms with Crippen molar-refractivity contribution in [1.82, 2.24) is 5.32 Å². The number of hydrogen-bond donors (Lipinski definition) is 2. The first-order valence-corrected chi connectivity index (χ1v) is 4.30. The highest BCUT2D eigenvalue weighted by molar-refractivity contribution is 5.85. The van der Waals surface area contributed by atoms with Crippen molar-refractivity contribution in [1.29, 1.82) is 0 Å². The molecule has 3 nitrogen and oxygen atoms in total. The number of carboxylic acids is 1. The van der Waals surface area contributed by atoms with Gasteiger partial charge in [-0.25, -0.2) is 4.79 Å². The summed E-state index contributed by atoms with van der Waals surface area (Å²) in [6.07, 6.45) is 2.51. The SMILES string of the molecule is C=C(CCCCNCC)C(=O)O. The lowest BCUT2D eigenvalue weighted by atomic mass is 10.1. The Morgan fingerprint density at radius 1 is 1.50 bits per heavy atom. The minimum atomic E-state index is -0.876. The van der Waals surface area contributed by atoms with Gasteiger partial charge in [0.15, 0.2) is 0 Å². The summed E-state index contributed by atoms with van der Waals surface area (Å²) in [4.78, 5) is 10.3. The van der Waals surface area contributed by atoms with E-state index in [2.05, 4.69) is 18.8 Å². The highest BCUT2D eigenvalue weighted by Crippen LogP contribution is 2.03. The summed E-state index contributed by atoms with van der Waals surface area (Å²) in [5.41, 5.74) is 0.312. The maximum absolute atomic E-state index is 10.3. The molecule has 0 aliphatic carbocycles. The number of carboxylic acid groups (broad SMARTS) is 1. The molecule has 0 rings (SSSR count). The van der Waals surface area contributed by atoms with Crippen LogP contribution in [0.4, 0.5) is 0 Å². The topological polar surface area (TPSA) is 49.3 Å². The molecule has 2 N–H and O–H groups in total. The van der Waals surface area contributed by atoms with Crippen LogP contribution in [0.5, 0.6) is 0 Å². The van der Waals surface area contributed by atoms with Crippen molar-refractivity contribution in [3.63, 3.8) is 0 Å². The van der Waals surface area contributed by atoms with Crippen molar-refractivity contribution in [3.8, 4) is 0 Å². The van der Waals surface area contributed by atoms with E-state index < -0.39 is 5.97 Å². The number of rotatable bonds is 7. The van der Waals surface area contributed by atoms with Crippen LogP contribution in [0.25, 0.3) is 0 Å². The molecular weight excluding hydrogens is 154 g/mol. The van der Waals surface area contributed by atoms with Gasteiger partial charge in [-0.1, -0.05) is 13.5 Å². The van der Waals surface area contributed by atoms with Gasteiger partial charge < -0.3 is 10.4 Å². The Morgan fingerprint density at radius 2 is 2.17 bits per heavy atom. The van der Waals surface area contributed by atoms with Crippen LogP contribution in [0.2, 0.25) is 0 Å². The van der Waals surface area contributed by atoms with E-state index in [0.717, 1.165) is 25.9 Å². The Morgan fingerprint density at radius 3 is 2.67 bits per heavy atom. The average molecular weight is 171 g/mol. The van der Waals surface area contributed by atoms with E-state index in [1.165, 1.54) is 0 Å². The molecule has 0 saturated heterocycles. The zero-order chi connectivity index (χ0) is 9.40. The van der Waals surface area contributed by atoms with Gasteiger partial charge in [-0.05, 0) is 32.4 Å². The van der Waals surface area contributed by atoms with E-state index in [1.54, 1.807) is 0 Å². The van der Waals surface area contributed by atoms with Crippen LogP contribution in [0.1, 0.15) is 26.2 Å². The quantitative estimate of drug-likeness (QED) is 0.449. The van der Waals surface area contributed by atoms with Gasteiger partial charge in [-0.15, -0.1) is 0 Å². The minimum Gasteiger partial charge on any atom is -0.478 e. The Hall–Kier alpha value is -0.830. The van der Waals surface area contributed by atoms with Crippen LogP contribution < -0.4 is 5.32 Å². The number of hydrogen-bond acceptors (Lipinski definition) is 2. The Bertz CT molecular complexity index is 155. The summed E-state index contributed by atoms with van der Waals surface area (Å²) in [6, 6.07) is 0. The zero-order valence-corrected chi connectivity index (χ0v) is 7.60. The Kier molecular flexibility index (Phi) is 6.38. The molecule has 0 aromatic rings. The van der Waals surface area contributed by atoms with E-state index in [1.807, 2.05) is 0 Å². The third-order valence-electron chi connectivity index (χ3n) is 1.63. The summed E-state index contributed by atoms with van der Waals surface area (Å²) in [5, 5.41) is 11.6. The Balaban J connectivity index is 3.20. The van der Waals surface area contributed by atoms with Gasteiger partial charge in [0.25, 0.3) is 0 Å². The molecule has 0 spiro atoms. The molecule has 0 saturated carbocycles. The number of carbonyl (C=O) groups is 1. The van der Waals surface area contributed by atoms with Gasteiger partial charge >= 0.3 is 5.97 Å². The molecular formula is C9H17NO2. The summed E-state index contributed by atoms with van der Waals surface area (Å²) in [6.45, 7) is 7.44. The predicted molar refractivity (Wildman–Crippen MR) is 49.2 cm³/mol. The molecule has 0 aromatic carbocycles. The maximum Gasteiger partial charge on any atom is 0.330 e. The molecule has 0 amide bonds. The highest BCUT2D eigenvalue weighted by atomic mass is 16.4. The summed E-state index contributed by atoms with van der Waals surface area (Å²) >= 11 is 0. The van der Waals surface area contributed by atoms with Gasteiger partial charge in [0.2, 0.25) is 0 Å². The van der Waals surface area contributed by atoms with Gasteiger partial charge in [-0.3, -0.25) is 0 Å². The normalized spacial score (nSPS) is 9.75. The van der Waals surface area contributed by atoms with Crippen LogP contribution in [-0.2, 0) is 4.79 Å². The lowest BCUT2D eigenvalue weighted by Crippen LogP contribution is -2.13. The van der Waals surface area contributed by atoms with Gasteiger partial charge in [0.05, 0.1) is 0 Å². The lowest BCUT2D eigenvalue weighted by Gasteiger charge is -2.01. The van der Waals surface area contributed by atoms with Gasteiger partial charge in [0.1, 0.15) is 0 Å². The van der Waals surface area contributed by atoms with Crippen molar-refractivity contribution in [2.24, 2.45) is 0 Å². The number of nitrogens with one attached hydrogen (secondary N) is 1. The largest absolute Gasteiger partial charge is 0.478 e. The highest BCUT2D eigenvalue weighted by Gasteiger charge is 2.01. The van der Waals surface area contributed by atoms with E-state index in [9.17, 15) is 4.79 Å². The smallest absolute Gasteiger partial charge is 0.330 e. The summed E-state index contributed by atoms with van der Waals surface area (Å²) < 4.78 is 0. The van der Waals surface area contributed by atoms with Crippen molar-refractivity contribution < 1.29 is 9.90 Å². The predicted octanol–water partition coefficient (Wildman–Crippen LogP) is 1.41. The van der Waals surface area contributed by atoms with Crippen LogP contribution in [0.3, 0.4) is 0 Å². The van der Waals surface area contributed by atoms with Gasteiger partial charge in [-0.2, -0.15) is 0 Å². The second-order valence-corrected chi connectivity index (χ2v) is 2.72. The maximum atomic E-state index is 10.3. The minimum absolute atomic E-state index is 0.312. The lowest BCUT2D eigenvalue weighted by molar-refractivity contribution is -0.132. The number of unbranched alkanes of at least 4 members (excludes halogenated alkanes) is 1. The molecule has 0 unspecified atom stereocenters.